The summed E-state index contributed by atoms with van der Waals surface area (Å²) in [4.78, 5) is 50.4. The first-order chi connectivity index (χ1) is 41.3. The Morgan fingerprint density at radius 2 is 0.381 bits per heavy atom. The lowest BCUT2D eigenvalue weighted by Gasteiger charge is -2.14. The third kappa shape index (κ3) is 11.6. The van der Waals surface area contributed by atoms with Gasteiger partial charge in [0.2, 0.25) is 0 Å². The fourth-order valence-corrected chi connectivity index (χ4v) is 18.0. The lowest BCUT2D eigenvalue weighted by atomic mass is 10.0. The second-order valence-corrected chi connectivity index (χ2v) is 29.6. The van der Waals surface area contributed by atoms with Crippen molar-refractivity contribution in [2.24, 2.45) is 0 Å². The lowest BCUT2D eigenvalue weighted by molar-refractivity contribution is 0.804. The molecule has 0 aliphatic rings. The molecular weight excluding hydrogens is 1140 g/mol. The number of aryl methyl sites for hydroxylation is 6. The van der Waals surface area contributed by atoms with Crippen molar-refractivity contribution < 1.29 is 0 Å². The molecule has 0 saturated carbocycles. The Bertz CT molecular complexity index is 3740. The van der Waals surface area contributed by atoms with Crippen LogP contribution in [0.2, 0.25) is 0 Å². The molecule has 13 aromatic rings. The summed E-state index contributed by atoms with van der Waals surface area (Å²) in [6, 6.07) is 41.7. The first kappa shape index (κ1) is 57.0. The predicted molar refractivity (Wildman–Crippen MR) is 370 cm³/mol. The van der Waals surface area contributed by atoms with Gasteiger partial charge in [-0.1, -0.05) is 80.1 Å². The summed E-state index contributed by atoms with van der Waals surface area (Å²) in [7, 11) is 0. The Hall–Kier alpha value is -6.12. The van der Waals surface area contributed by atoms with Crippen molar-refractivity contribution >= 4 is 134 Å². The Labute approximate surface area is 518 Å². The van der Waals surface area contributed by atoms with E-state index in [1.165, 1.54) is 169 Å². The third-order valence-corrected chi connectivity index (χ3v) is 23.4. The summed E-state index contributed by atoms with van der Waals surface area (Å²) in [5, 5.41) is 0. The van der Waals surface area contributed by atoms with Crippen molar-refractivity contribution in [1.82, 2.24) is 29.9 Å². The van der Waals surface area contributed by atoms with Crippen LogP contribution in [0, 0.1) is 0 Å². The Kier molecular flexibility index (Phi) is 17.3. The summed E-state index contributed by atoms with van der Waals surface area (Å²) in [5.41, 5.74) is 16.2. The highest BCUT2D eigenvalue weighted by atomic mass is 32.1. The summed E-state index contributed by atoms with van der Waals surface area (Å²) in [5.74, 6) is 0. The van der Waals surface area contributed by atoms with Crippen LogP contribution in [0.3, 0.4) is 0 Å². The molecule has 0 aliphatic carbocycles. The molecule has 0 atom stereocenters. The highest BCUT2D eigenvalue weighted by Crippen LogP contribution is 2.47. The van der Waals surface area contributed by atoms with E-state index in [4.69, 9.17) is 29.9 Å². The molecule has 12 heteroatoms. The van der Waals surface area contributed by atoms with Crippen molar-refractivity contribution in [3.05, 3.63) is 138 Å². The number of benzene rings is 4. The van der Waals surface area contributed by atoms with Crippen molar-refractivity contribution in [1.29, 1.82) is 0 Å². The molecule has 0 bridgehead atoms. The molecule has 0 N–H and O–H groups in total. The van der Waals surface area contributed by atoms with E-state index in [9.17, 15) is 0 Å². The van der Waals surface area contributed by atoms with Crippen LogP contribution in [0.25, 0.3) is 129 Å². The largest absolute Gasteiger partial charge is 0.242 e. The van der Waals surface area contributed by atoms with Crippen LogP contribution in [0.15, 0.2) is 109 Å². The van der Waals surface area contributed by atoms with E-state index in [0.29, 0.717) is 33.1 Å². The van der Waals surface area contributed by atoms with E-state index in [-0.39, 0.29) is 0 Å². The molecule has 4 aromatic carbocycles. The Balaban J connectivity index is 1.09. The molecular formula is C72H72N6S6. The van der Waals surface area contributed by atoms with Gasteiger partial charge in [-0.15, -0.1) is 68.0 Å². The molecule has 426 valence electrons. The Morgan fingerprint density at radius 3 is 0.524 bits per heavy atom. The number of rotatable bonds is 24. The molecule has 6 nitrogen and oxygen atoms in total. The predicted octanol–water partition coefficient (Wildman–Crippen LogP) is 23.4. The van der Waals surface area contributed by atoms with Crippen molar-refractivity contribution in [2.75, 3.05) is 0 Å². The van der Waals surface area contributed by atoms with Gasteiger partial charge in [0, 0.05) is 91.9 Å². The summed E-state index contributed by atoms with van der Waals surface area (Å²) in [6.45, 7) is 13.6. The number of hydrogen-bond donors (Lipinski definition) is 0. The van der Waals surface area contributed by atoms with E-state index >= 15 is 0 Å². The fraction of sp³-hybridized carbons (Fsp3) is 0.333. The van der Waals surface area contributed by atoms with Crippen LogP contribution in [-0.4, -0.2) is 29.9 Å². The molecule has 0 unspecified atom stereocenters. The van der Waals surface area contributed by atoms with Gasteiger partial charge in [-0.05, 0) is 186 Å². The van der Waals surface area contributed by atoms with Crippen LogP contribution in [0.4, 0.5) is 0 Å². The van der Waals surface area contributed by atoms with E-state index < -0.39 is 0 Å². The van der Waals surface area contributed by atoms with Gasteiger partial charge in [-0.25, -0.2) is 29.9 Å². The molecule has 0 amide bonds. The topological polar surface area (TPSA) is 77.3 Å². The highest BCUT2D eigenvalue weighted by Gasteiger charge is 2.25. The molecule has 0 spiro atoms. The molecule has 9 aromatic heterocycles. The molecule has 0 aliphatic heterocycles. The molecule has 0 radical (unpaired) electrons. The molecule has 0 fully saturated rings. The third-order valence-electron chi connectivity index (χ3n) is 16.3. The number of unbranched alkanes of at least 4 members (excludes halogenated alkanes) is 6. The summed E-state index contributed by atoms with van der Waals surface area (Å²) in [6.07, 6.45) is 20.6. The highest BCUT2D eigenvalue weighted by molar-refractivity contribution is 7.18. The standard InChI is InChI=1S/C72H72N6S6/c1-7-13-19-43-25-31-61(79-43)49-37-55-56(38-50(49)62-32-26-44(80-62)20-14-8-2)74-68-67(73-55)69-71(77-58-40-52(64-34-28-46(82-64)22-16-10-4)51(39-57(58)75-69)63-33-27-45(81-63)21-15-9-3)72-70(68)76-59-41-53(65-35-29-47(83-65)23-17-11-5)54(42-60(59)78-72)66-36-30-48(84-66)24-18-12-6/h25-42H,7-24H2,1-6H3. The normalized spacial score (nSPS) is 12.1. The SMILES string of the molecule is CCCCc1ccc(-c2cc3nc4c5nc6cc(-c7ccc(CCCC)s7)c(-c7ccc(CCCC)s7)cc6nc5c5nc6cc(-c7ccc(CCCC)s7)c(-c7ccc(CCCC)s7)cc6nc5c4nc3cc2-c2ccc(CCCC)s2)s1. The number of nitrogens with zero attached hydrogens (tertiary/aromatic N) is 6. The summed E-state index contributed by atoms with van der Waals surface area (Å²) < 4.78 is 0. The van der Waals surface area contributed by atoms with Crippen molar-refractivity contribution in [3.8, 4) is 62.6 Å². The minimum atomic E-state index is 0.691. The first-order valence-electron chi connectivity index (χ1n) is 30.9. The Morgan fingerprint density at radius 1 is 0.226 bits per heavy atom. The van der Waals surface area contributed by atoms with E-state index in [1.807, 2.05) is 68.0 Å². The van der Waals surface area contributed by atoms with Gasteiger partial charge < -0.3 is 0 Å². The van der Waals surface area contributed by atoms with Crippen LogP contribution in [0.1, 0.15) is 148 Å². The van der Waals surface area contributed by atoms with Crippen molar-refractivity contribution in [3.63, 3.8) is 0 Å². The zero-order valence-corrected chi connectivity index (χ0v) is 54.2. The minimum absolute atomic E-state index is 0.691. The monoisotopic (exact) mass is 1210 g/mol. The van der Waals surface area contributed by atoms with Crippen molar-refractivity contribution in [2.45, 2.75) is 157 Å². The average molecular weight is 1210 g/mol. The quantitative estimate of drug-likeness (QED) is 0.0443. The number of thiophene rings is 6. The molecule has 84 heavy (non-hydrogen) atoms. The van der Waals surface area contributed by atoms with E-state index in [0.717, 1.165) is 71.6 Å². The maximum atomic E-state index is 5.72. The van der Waals surface area contributed by atoms with Gasteiger partial charge in [0.05, 0.1) is 33.1 Å². The zero-order valence-electron chi connectivity index (χ0n) is 49.3. The van der Waals surface area contributed by atoms with E-state index in [1.54, 1.807) is 0 Å². The molecule has 0 saturated heterocycles. The number of aromatic nitrogens is 6. The van der Waals surface area contributed by atoms with Crippen LogP contribution in [0.5, 0.6) is 0 Å². The molecule has 13 rings (SSSR count). The first-order valence-corrected chi connectivity index (χ1v) is 35.8. The minimum Gasteiger partial charge on any atom is -0.242 e. The molecule has 9 heterocycles. The summed E-state index contributed by atoms with van der Waals surface area (Å²) >= 11 is 11.5. The second-order valence-electron chi connectivity index (χ2n) is 22.6. The maximum Gasteiger partial charge on any atom is 0.120 e. The van der Waals surface area contributed by atoms with Gasteiger partial charge >= 0.3 is 0 Å². The van der Waals surface area contributed by atoms with Crippen LogP contribution in [-0.2, 0) is 38.5 Å². The number of hydrogen-bond acceptors (Lipinski definition) is 12. The van der Waals surface area contributed by atoms with E-state index in [2.05, 4.69) is 151 Å². The number of fused-ring (bicyclic) bond motifs is 9. The zero-order chi connectivity index (χ0) is 57.3. The second kappa shape index (κ2) is 25.5. The van der Waals surface area contributed by atoms with Gasteiger partial charge in [0.1, 0.15) is 33.1 Å². The van der Waals surface area contributed by atoms with Gasteiger partial charge in [0.15, 0.2) is 0 Å². The fourth-order valence-electron chi connectivity index (χ4n) is 11.6. The lowest BCUT2D eigenvalue weighted by Crippen LogP contribution is -2.00. The van der Waals surface area contributed by atoms with Gasteiger partial charge in [-0.3, -0.25) is 0 Å². The van der Waals surface area contributed by atoms with Gasteiger partial charge in [0.25, 0.3) is 0 Å². The van der Waals surface area contributed by atoms with Crippen LogP contribution < -0.4 is 0 Å². The maximum absolute atomic E-state index is 5.72. The van der Waals surface area contributed by atoms with Gasteiger partial charge in [-0.2, -0.15) is 0 Å². The van der Waals surface area contributed by atoms with Crippen LogP contribution >= 0.6 is 68.0 Å². The smallest absolute Gasteiger partial charge is 0.120 e. The average Bonchev–Trinajstić information content (AvgIpc) is 1.10.